The van der Waals surface area contributed by atoms with Crippen LogP contribution in [0.4, 0.5) is 0 Å². The molecule has 566 valence electrons. The fourth-order valence-electron chi connectivity index (χ4n) is 14.8. The van der Waals surface area contributed by atoms with E-state index < -0.39 is 0 Å². The SMILES string of the molecule is C=C(C)C(=O)OC(C)(C)C1CCCCC1.C=C(C)C(=O)OC(CC)(CC)C1CCCCC1.C=C(C)C(=O)OC1(C(C)(C)C)CCCC1.C=C(C)C(=O)OC1(C(C)C)CCCC1.C=C(C)C(=O)OC1(CC)CCCC1.C=C(C)C(=O)OC1(CC)CCCCC1.C=CC(=O)OC1(C)CCCC1. The standard InChI is InChI=1S/C15H26O2.2C13H22O2.2C12H20O2.C11H18O2.C9H14O2/c1-5-15(6-2,17-14(16)12(3)4)13-10-8-7-9-11-13;1-10(2)11(14)15-13(12(3,4)5)8-6-7-9-13;1-10(2)12(14)15-13(3,4)11-8-6-5-7-9-11;1-9(2)11(13)14-12(10(3)4)7-5-6-8-12;1-4-12(8-6-5-7-9-12)14-11(13)10(2)3;1-4-11(7-5-6-8-11)13-10(12)9(2)3;1-3-8(10)11-9(2)6-4-5-7-9/h13H,3,5-11H2,1-2,4H3;1,6-9H2,2-5H3;11H,1,5-9H2,2-4H3;10H,1,5-8H2,2-4H3;2,4-9H2,1,3H3;2,4-8H2,1,3H3;3H,1,4-7H2,2H3. The summed E-state index contributed by atoms with van der Waals surface area (Å²) in [7, 11) is 0. The van der Waals surface area contributed by atoms with Crippen LogP contribution in [-0.4, -0.2) is 81.0 Å². The monoisotopic (exact) mass is 1390 g/mol. The van der Waals surface area contributed by atoms with E-state index in [-0.39, 0.29) is 86.4 Å². The van der Waals surface area contributed by atoms with E-state index >= 15 is 0 Å². The third-order valence-electron chi connectivity index (χ3n) is 22.1. The van der Waals surface area contributed by atoms with Crippen molar-refractivity contribution in [1.82, 2.24) is 0 Å². The van der Waals surface area contributed by atoms with Crippen molar-refractivity contribution >= 4 is 41.8 Å². The normalized spacial score (nSPS) is 19.5. The molecule has 14 heteroatoms. The molecule has 0 bridgehead atoms. The molecule has 7 rings (SSSR count). The Balaban J connectivity index is 0.000000579. The summed E-state index contributed by atoms with van der Waals surface area (Å²) in [6.07, 6.45) is 40.3. The first-order valence-corrected chi connectivity index (χ1v) is 38.3. The maximum absolute atomic E-state index is 11.8. The van der Waals surface area contributed by atoms with Gasteiger partial charge in [0.25, 0.3) is 0 Å². The Kier molecular flexibility index (Phi) is 40.1. The lowest BCUT2D eigenvalue weighted by Crippen LogP contribution is -2.44. The van der Waals surface area contributed by atoms with E-state index in [9.17, 15) is 33.6 Å². The lowest BCUT2D eigenvalue weighted by Gasteiger charge is -2.41. The quantitative estimate of drug-likeness (QED) is 0.0600. The molecule has 0 amide bonds. The van der Waals surface area contributed by atoms with Crippen molar-refractivity contribution in [3.63, 3.8) is 0 Å². The van der Waals surface area contributed by atoms with Crippen molar-refractivity contribution in [1.29, 1.82) is 0 Å². The van der Waals surface area contributed by atoms with Gasteiger partial charge in [-0.1, -0.05) is 153 Å². The maximum Gasteiger partial charge on any atom is 0.333 e. The smallest absolute Gasteiger partial charge is 0.333 e. The van der Waals surface area contributed by atoms with Crippen molar-refractivity contribution in [2.45, 2.75) is 389 Å². The highest BCUT2D eigenvalue weighted by Gasteiger charge is 2.48. The molecule has 0 aromatic heterocycles. The van der Waals surface area contributed by atoms with Crippen LogP contribution < -0.4 is 0 Å². The summed E-state index contributed by atoms with van der Waals surface area (Å²) in [4.78, 5) is 80.0. The van der Waals surface area contributed by atoms with E-state index in [2.05, 4.69) is 108 Å². The van der Waals surface area contributed by atoms with Gasteiger partial charge in [-0.2, -0.15) is 0 Å². The lowest BCUT2D eigenvalue weighted by molar-refractivity contribution is -0.167. The van der Waals surface area contributed by atoms with Gasteiger partial charge in [-0.25, -0.2) is 33.6 Å². The fourth-order valence-corrected chi connectivity index (χ4v) is 14.8. The van der Waals surface area contributed by atoms with Gasteiger partial charge >= 0.3 is 41.8 Å². The van der Waals surface area contributed by atoms with Gasteiger partial charge in [0.15, 0.2) is 0 Å². The molecule has 0 unspecified atom stereocenters. The summed E-state index contributed by atoms with van der Waals surface area (Å²) < 4.78 is 38.8. The second-order valence-electron chi connectivity index (χ2n) is 32.1. The van der Waals surface area contributed by atoms with Crippen LogP contribution >= 0.6 is 0 Å². The summed E-state index contributed by atoms with van der Waals surface area (Å²) in [5.74, 6) is -0.276. The van der Waals surface area contributed by atoms with Gasteiger partial charge in [-0.3, -0.25) is 0 Å². The lowest BCUT2D eigenvalue weighted by atomic mass is 9.74. The highest BCUT2D eigenvalue weighted by Crippen LogP contribution is 2.47. The van der Waals surface area contributed by atoms with E-state index in [1.165, 1.54) is 128 Å². The minimum atomic E-state index is -0.337. The fraction of sp³-hybridized carbons (Fsp3) is 0.753. The summed E-state index contributed by atoms with van der Waals surface area (Å²) >= 11 is 0. The number of hydrogen-bond acceptors (Lipinski definition) is 14. The van der Waals surface area contributed by atoms with Crippen molar-refractivity contribution < 1.29 is 66.7 Å². The van der Waals surface area contributed by atoms with Crippen LogP contribution in [-0.2, 0) is 66.7 Å². The molecule has 0 radical (unpaired) electrons. The van der Waals surface area contributed by atoms with E-state index in [0.29, 0.717) is 51.2 Å². The summed E-state index contributed by atoms with van der Waals surface area (Å²) in [5.41, 5.74) is 1.35. The molecule has 0 heterocycles. The predicted molar refractivity (Wildman–Crippen MR) is 403 cm³/mol. The molecular weight excluding hydrogens is 1240 g/mol. The second-order valence-corrected chi connectivity index (χ2v) is 32.1. The van der Waals surface area contributed by atoms with Crippen LogP contribution in [0.15, 0.2) is 85.6 Å². The van der Waals surface area contributed by atoms with Crippen LogP contribution in [0.1, 0.15) is 349 Å². The first kappa shape index (κ1) is 91.5. The van der Waals surface area contributed by atoms with E-state index in [1.54, 1.807) is 41.5 Å². The Bertz CT molecular complexity index is 2630. The maximum atomic E-state index is 11.8. The van der Waals surface area contributed by atoms with Crippen LogP contribution in [0.3, 0.4) is 0 Å². The zero-order valence-electron chi connectivity index (χ0n) is 66.2. The van der Waals surface area contributed by atoms with Crippen LogP contribution in [0.5, 0.6) is 0 Å². The van der Waals surface area contributed by atoms with Crippen molar-refractivity contribution in [3.8, 4) is 0 Å². The molecule has 0 aromatic carbocycles. The minimum Gasteiger partial charge on any atom is -0.456 e. The first-order chi connectivity index (χ1) is 46.1. The van der Waals surface area contributed by atoms with Gasteiger partial charge < -0.3 is 33.2 Å². The van der Waals surface area contributed by atoms with Crippen LogP contribution in [0.25, 0.3) is 0 Å². The van der Waals surface area contributed by atoms with Gasteiger partial charge in [0, 0.05) is 44.9 Å². The van der Waals surface area contributed by atoms with Crippen LogP contribution in [0, 0.1) is 23.2 Å². The van der Waals surface area contributed by atoms with Gasteiger partial charge in [-0.05, 0) is 260 Å². The molecule has 7 aliphatic rings. The molecule has 7 saturated carbocycles. The van der Waals surface area contributed by atoms with E-state index in [1.807, 2.05) is 20.8 Å². The average molecular weight is 1390 g/mol. The highest BCUT2D eigenvalue weighted by atomic mass is 16.6. The van der Waals surface area contributed by atoms with Crippen LogP contribution in [0.2, 0.25) is 0 Å². The predicted octanol–water partition coefficient (Wildman–Crippen LogP) is 22.3. The Morgan fingerprint density at radius 3 is 1.06 bits per heavy atom. The molecule has 0 aliphatic heterocycles. The van der Waals surface area contributed by atoms with Gasteiger partial charge in [0.1, 0.15) is 39.2 Å². The largest absolute Gasteiger partial charge is 0.456 e. The van der Waals surface area contributed by atoms with Crippen molar-refractivity contribution in [2.75, 3.05) is 0 Å². The number of hydrogen-bond donors (Lipinski definition) is 0. The summed E-state index contributed by atoms with van der Waals surface area (Å²) in [5, 5.41) is 0. The molecule has 0 saturated heterocycles. The topological polar surface area (TPSA) is 184 Å². The number of ether oxygens (including phenoxy) is 7. The van der Waals surface area contributed by atoms with Gasteiger partial charge in [-0.15, -0.1) is 0 Å². The molecule has 0 N–H and O–H groups in total. The third kappa shape index (κ3) is 30.9. The van der Waals surface area contributed by atoms with Gasteiger partial charge in [0.2, 0.25) is 0 Å². The molecule has 0 aromatic rings. The van der Waals surface area contributed by atoms with Gasteiger partial charge in [0.05, 0.1) is 0 Å². The molecule has 14 nitrogen and oxygen atoms in total. The number of carbonyl (C=O) groups excluding carboxylic acids is 7. The number of esters is 7. The number of rotatable bonds is 21. The Morgan fingerprint density at radius 1 is 0.404 bits per heavy atom. The Morgan fingerprint density at radius 2 is 0.717 bits per heavy atom. The summed E-state index contributed by atoms with van der Waals surface area (Å²) in [6.45, 7) is 60.4. The average Bonchev–Trinajstić information content (AvgIpc) is 1.75. The number of carbonyl (C=O) groups is 7. The first-order valence-electron chi connectivity index (χ1n) is 38.3. The second kappa shape index (κ2) is 43.4. The molecule has 0 spiro atoms. The van der Waals surface area contributed by atoms with E-state index in [4.69, 9.17) is 33.2 Å². The third-order valence-corrected chi connectivity index (χ3v) is 22.1. The highest BCUT2D eigenvalue weighted by molar-refractivity contribution is 5.89. The summed E-state index contributed by atoms with van der Waals surface area (Å²) in [6, 6.07) is 0. The molecule has 7 aliphatic carbocycles. The molecular formula is C85H142O14. The Labute approximate surface area is 602 Å². The zero-order valence-corrected chi connectivity index (χ0v) is 66.2. The molecule has 7 fully saturated rings. The Hall–Kier alpha value is -5.53. The molecule has 0 atom stereocenters. The molecule has 99 heavy (non-hydrogen) atoms. The minimum absolute atomic E-state index is 0.00854. The van der Waals surface area contributed by atoms with Crippen molar-refractivity contribution in [2.24, 2.45) is 23.2 Å². The van der Waals surface area contributed by atoms with Crippen molar-refractivity contribution in [3.05, 3.63) is 85.6 Å². The van der Waals surface area contributed by atoms with E-state index in [0.717, 1.165) is 103 Å². The zero-order chi connectivity index (χ0) is 75.6.